The summed E-state index contributed by atoms with van der Waals surface area (Å²) in [5, 5.41) is 3.92. The first-order valence-electron chi connectivity index (χ1n) is 8.57. The zero-order valence-corrected chi connectivity index (χ0v) is 14.9. The number of carbonyl (C=O) groups excluding carboxylic acids is 1. The minimum Gasteiger partial charge on any atom is -0.366 e. The molecule has 0 saturated heterocycles. The Morgan fingerprint density at radius 1 is 1.03 bits per heavy atom. The number of anilines is 2. The van der Waals surface area contributed by atoms with Gasteiger partial charge in [0.05, 0.1) is 11.3 Å². The van der Waals surface area contributed by atoms with Crippen LogP contribution in [0.4, 0.5) is 20.2 Å². The number of carbonyl (C=O) groups is 1. The highest BCUT2D eigenvalue weighted by molar-refractivity contribution is 6.00. The minimum absolute atomic E-state index is 0.0580. The van der Waals surface area contributed by atoms with Gasteiger partial charge >= 0.3 is 0 Å². The molecule has 4 N–H and O–H groups in total. The van der Waals surface area contributed by atoms with E-state index < -0.39 is 17.5 Å². The molecule has 0 spiro atoms. The van der Waals surface area contributed by atoms with Gasteiger partial charge in [0.1, 0.15) is 17.3 Å². The van der Waals surface area contributed by atoms with Gasteiger partial charge in [-0.2, -0.15) is 0 Å². The van der Waals surface area contributed by atoms with Gasteiger partial charge in [0.15, 0.2) is 0 Å². The number of nitrogens with zero attached hydrogens (tertiary/aromatic N) is 1. The predicted octanol–water partition coefficient (Wildman–Crippen LogP) is 3.71. The second-order valence-corrected chi connectivity index (χ2v) is 6.32. The highest BCUT2D eigenvalue weighted by Gasteiger charge is 2.17. The number of amides is 1. The lowest BCUT2D eigenvalue weighted by atomic mass is 9.98. The van der Waals surface area contributed by atoms with Crippen LogP contribution in [0.25, 0.3) is 22.2 Å². The lowest BCUT2D eigenvalue weighted by molar-refractivity contribution is 0.1000. The largest absolute Gasteiger partial charge is 0.366 e. The molecule has 2 aromatic carbocycles. The molecule has 0 unspecified atom stereocenters. The maximum absolute atomic E-state index is 14.3. The number of aromatic nitrogens is 2. The smallest absolute Gasteiger partial charge is 0.249 e. The molecule has 1 amide bonds. The Morgan fingerprint density at radius 2 is 1.79 bits per heavy atom. The van der Waals surface area contributed by atoms with Gasteiger partial charge in [0, 0.05) is 35.0 Å². The number of hydrogen-bond donors (Lipinski definition) is 3. The zero-order chi connectivity index (χ0) is 20.5. The van der Waals surface area contributed by atoms with Gasteiger partial charge in [-0.05, 0) is 35.9 Å². The number of benzene rings is 2. The van der Waals surface area contributed by atoms with Crippen LogP contribution in [-0.4, -0.2) is 15.9 Å². The first-order valence-corrected chi connectivity index (χ1v) is 8.57. The highest BCUT2D eigenvalue weighted by Crippen LogP contribution is 2.30. The zero-order valence-electron chi connectivity index (χ0n) is 14.9. The topological polar surface area (TPSA) is 101 Å². The number of fused-ring (bicyclic) bond motifs is 1. The first-order chi connectivity index (χ1) is 13.9. The summed E-state index contributed by atoms with van der Waals surface area (Å²) in [5.74, 6) is -2.66. The Hall–Kier alpha value is -4.07. The Labute approximate surface area is 163 Å². The van der Waals surface area contributed by atoms with Crippen LogP contribution in [0.1, 0.15) is 10.4 Å². The molecular weight excluding hydrogens is 378 g/mol. The summed E-state index contributed by atoms with van der Waals surface area (Å²) < 4.78 is 27.8. The molecule has 0 saturated carbocycles. The van der Waals surface area contributed by atoms with E-state index in [4.69, 9.17) is 5.73 Å². The van der Waals surface area contributed by atoms with Crippen molar-refractivity contribution in [1.82, 2.24) is 9.97 Å². The predicted molar refractivity (Wildman–Crippen MR) is 106 cm³/mol. The Morgan fingerprint density at radius 3 is 2.52 bits per heavy atom. The number of nitrogens with two attached hydrogens (primary N) is 1. The Bertz CT molecular complexity index is 1300. The fraction of sp³-hybridized carbons (Fsp3) is 0. The molecule has 0 fully saturated rings. The quantitative estimate of drug-likeness (QED) is 0.493. The third-order valence-corrected chi connectivity index (χ3v) is 4.41. The van der Waals surface area contributed by atoms with Crippen LogP contribution in [0, 0.1) is 11.6 Å². The third kappa shape index (κ3) is 3.55. The minimum atomic E-state index is -0.919. The van der Waals surface area contributed by atoms with Crippen molar-refractivity contribution >= 4 is 28.3 Å². The molecule has 0 aliphatic carbocycles. The molecule has 29 heavy (non-hydrogen) atoms. The van der Waals surface area contributed by atoms with Crippen LogP contribution >= 0.6 is 0 Å². The molecule has 8 heteroatoms. The molecule has 2 aromatic heterocycles. The van der Waals surface area contributed by atoms with E-state index in [-0.39, 0.29) is 16.7 Å². The van der Waals surface area contributed by atoms with E-state index in [0.29, 0.717) is 28.7 Å². The lowest BCUT2D eigenvalue weighted by Gasteiger charge is -2.12. The molecule has 144 valence electrons. The molecule has 0 atom stereocenters. The number of hydrogen-bond acceptors (Lipinski definition) is 4. The van der Waals surface area contributed by atoms with Crippen LogP contribution in [0.3, 0.4) is 0 Å². The summed E-state index contributed by atoms with van der Waals surface area (Å²) in [7, 11) is 0. The van der Waals surface area contributed by atoms with Gasteiger partial charge < -0.3 is 16.0 Å². The molecule has 0 aliphatic rings. The molecule has 0 aliphatic heterocycles. The van der Waals surface area contributed by atoms with Crippen molar-refractivity contribution in [1.29, 1.82) is 0 Å². The van der Waals surface area contributed by atoms with E-state index >= 15 is 0 Å². The summed E-state index contributed by atoms with van der Waals surface area (Å²) in [6.07, 6.45) is 1.56. The summed E-state index contributed by atoms with van der Waals surface area (Å²) in [6.45, 7) is 0. The number of primary amides is 1. The number of aromatic amines is 1. The van der Waals surface area contributed by atoms with E-state index in [1.54, 1.807) is 42.6 Å². The molecule has 0 radical (unpaired) electrons. The van der Waals surface area contributed by atoms with Gasteiger partial charge in [-0.3, -0.25) is 9.59 Å². The average molecular weight is 392 g/mol. The first kappa shape index (κ1) is 18.3. The molecule has 2 heterocycles. The van der Waals surface area contributed by atoms with Crippen LogP contribution in [0.5, 0.6) is 0 Å². The maximum Gasteiger partial charge on any atom is 0.249 e. The Kier molecular flexibility index (Phi) is 4.52. The van der Waals surface area contributed by atoms with Crippen molar-refractivity contribution in [2.24, 2.45) is 5.73 Å². The van der Waals surface area contributed by atoms with Crippen LogP contribution in [-0.2, 0) is 0 Å². The molecule has 4 aromatic rings. The fourth-order valence-electron chi connectivity index (χ4n) is 3.10. The standard InChI is InChI=1S/C21H14F2N4O2/c22-12-9-15(20(24)29)19(16(23)10-12)11-1-3-13(4-2-11)26-17-7-8-25-21-14(17)5-6-18(28)27-21/h1-10H,(H2,24,29)(H2,25,26,27,28). The number of nitrogens with one attached hydrogen (secondary N) is 2. The van der Waals surface area contributed by atoms with Crippen molar-refractivity contribution in [2.45, 2.75) is 0 Å². The highest BCUT2D eigenvalue weighted by atomic mass is 19.1. The van der Waals surface area contributed by atoms with E-state index in [1.807, 2.05) is 0 Å². The van der Waals surface area contributed by atoms with Gasteiger partial charge in [-0.25, -0.2) is 13.8 Å². The van der Waals surface area contributed by atoms with Crippen LogP contribution < -0.4 is 16.6 Å². The van der Waals surface area contributed by atoms with Gasteiger partial charge in [0.2, 0.25) is 11.5 Å². The van der Waals surface area contributed by atoms with E-state index in [1.165, 1.54) is 6.07 Å². The fourth-order valence-corrected chi connectivity index (χ4v) is 3.10. The number of rotatable bonds is 4. The average Bonchev–Trinajstić information content (AvgIpc) is 2.68. The normalized spacial score (nSPS) is 10.8. The van der Waals surface area contributed by atoms with Crippen LogP contribution in [0.2, 0.25) is 0 Å². The summed E-state index contributed by atoms with van der Waals surface area (Å²) >= 11 is 0. The molecule has 0 bridgehead atoms. The van der Waals surface area contributed by atoms with Gasteiger partial charge in [-0.15, -0.1) is 0 Å². The molecular formula is C21H14F2N4O2. The van der Waals surface area contributed by atoms with Crippen molar-refractivity contribution in [3.8, 4) is 11.1 Å². The molecule has 6 nitrogen and oxygen atoms in total. The van der Waals surface area contributed by atoms with E-state index in [9.17, 15) is 18.4 Å². The lowest BCUT2D eigenvalue weighted by Crippen LogP contribution is -2.14. The maximum atomic E-state index is 14.3. The summed E-state index contributed by atoms with van der Waals surface area (Å²) in [5.41, 5.74) is 6.94. The SMILES string of the molecule is NC(=O)c1cc(F)cc(F)c1-c1ccc(Nc2ccnc3[nH]c(=O)ccc23)cc1. The van der Waals surface area contributed by atoms with Crippen LogP contribution in [0.15, 0.2) is 65.6 Å². The number of pyridine rings is 2. The third-order valence-electron chi connectivity index (χ3n) is 4.41. The van der Waals surface area contributed by atoms with Crippen molar-refractivity contribution in [3.05, 3.63) is 88.3 Å². The number of halogens is 2. The molecule has 4 rings (SSSR count). The second-order valence-electron chi connectivity index (χ2n) is 6.32. The van der Waals surface area contributed by atoms with Crippen molar-refractivity contribution in [3.63, 3.8) is 0 Å². The van der Waals surface area contributed by atoms with Gasteiger partial charge in [-0.1, -0.05) is 12.1 Å². The van der Waals surface area contributed by atoms with Gasteiger partial charge in [0.25, 0.3) is 0 Å². The van der Waals surface area contributed by atoms with Crippen molar-refractivity contribution < 1.29 is 13.6 Å². The monoisotopic (exact) mass is 392 g/mol. The second kappa shape index (κ2) is 7.16. The van der Waals surface area contributed by atoms with E-state index in [2.05, 4.69) is 15.3 Å². The summed E-state index contributed by atoms with van der Waals surface area (Å²) in [4.78, 5) is 29.8. The number of H-pyrrole nitrogens is 1. The van der Waals surface area contributed by atoms with E-state index in [0.717, 1.165) is 11.5 Å². The van der Waals surface area contributed by atoms with Crippen molar-refractivity contribution in [2.75, 3.05) is 5.32 Å². The Balaban J connectivity index is 1.70. The summed E-state index contributed by atoms with van der Waals surface area (Å²) in [6, 6.07) is 13.0.